The van der Waals surface area contributed by atoms with Crippen molar-refractivity contribution in [2.45, 2.75) is 11.8 Å². The average molecular weight is 375 g/mol. The van der Waals surface area contributed by atoms with Gasteiger partial charge in [-0.15, -0.1) is 23.2 Å². The lowest BCUT2D eigenvalue weighted by atomic mass is 10.2. The molecule has 0 radical (unpaired) electrons. The molecule has 122 valence electrons. The summed E-state index contributed by atoms with van der Waals surface area (Å²) in [5.41, 5.74) is 2.02. The molecule has 0 aromatic heterocycles. The van der Waals surface area contributed by atoms with Crippen molar-refractivity contribution in [2.24, 2.45) is 0 Å². The molecule has 3 rings (SSSR count). The molecule has 3 aromatic carbocycles. The highest BCUT2D eigenvalue weighted by atomic mass is 35.5. The fourth-order valence-corrected chi connectivity index (χ4v) is 5.66. The molecule has 0 aliphatic rings. The van der Waals surface area contributed by atoms with Crippen molar-refractivity contribution in [3.8, 4) is 0 Å². The van der Waals surface area contributed by atoms with Crippen LogP contribution in [-0.4, -0.2) is 0 Å². The number of hydrogen-bond donors (Lipinski definition) is 0. The van der Waals surface area contributed by atoms with E-state index in [1.807, 2.05) is 78.9 Å². The van der Waals surface area contributed by atoms with Crippen molar-refractivity contribution in [3.63, 3.8) is 0 Å². The van der Waals surface area contributed by atoms with Crippen molar-refractivity contribution < 1.29 is 4.57 Å². The highest BCUT2D eigenvalue weighted by molar-refractivity contribution is 7.85. The number of alkyl halides is 2. The van der Waals surface area contributed by atoms with Crippen LogP contribution in [0.5, 0.6) is 0 Å². The summed E-state index contributed by atoms with van der Waals surface area (Å²) < 4.78 is 14.2. The van der Waals surface area contributed by atoms with Gasteiger partial charge in [-0.3, -0.25) is 0 Å². The van der Waals surface area contributed by atoms with Crippen LogP contribution in [0, 0.1) is 0 Å². The lowest BCUT2D eigenvalue weighted by Gasteiger charge is -2.20. The Hall–Kier alpha value is -1.53. The molecular weight excluding hydrogens is 358 g/mol. The van der Waals surface area contributed by atoms with Gasteiger partial charge in [-0.25, -0.2) is 0 Å². The standard InChI is InChI=1S/C20H17Cl2OP/c21-14-16-6-10-19(11-7-16)24(23,18-4-2-1-3-5-18)20-12-8-17(15-22)9-13-20/h1-13H,14-15H2. The Bertz CT molecular complexity index is 792. The van der Waals surface area contributed by atoms with Gasteiger partial charge in [-0.1, -0.05) is 78.9 Å². The molecule has 3 aromatic rings. The van der Waals surface area contributed by atoms with E-state index in [-0.39, 0.29) is 0 Å². The zero-order valence-corrected chi connectivity index (χ0v) is 15.4. The molecule has 0 fully saturated rings. The van der Waals surface area contributed by atoms with Crippen LogP contribution in [0.3, 0.4) is 0 Å². The van der Waals surface area contributed by atoms with Gasteiger partial charge in [0.05, 0.1) is 0 Å². The van der Waals surface area contributed by atoms with Crippen LogP contribution in [0.2, 0.25) is 0 Å². The van der Waals surface area contributed by atoms with Gasteiger partial charge in [0, 0.05) is 27.7 Å². The van der Waals surface area contributed by atoms with E-state index in [0.717, 1.165) is 27.0 Å². The fourth-order valence-electron chi connectivity index (χ4n) is 2.68. The molecule has 1 nitrogen and oxygen atoms in total. The maximum absolute atomic E-state index is 14.2. The Morgan fingerprint density at radius 3 is 1.33 bits per heavy atom. The lowest BCUT2D eigenvalue weighted by molar-refractivity contribution is 0.592. The molecule has 0 unspecified atom stereocenters. The van der Waals surface area contributed by atoms with Crippen LogP contribution < -0.4 is 15.9 Å². The second-order valence-electron chi connectivity index (χ2n) is 5.54. The van der Waals surface area contributed by atoms with Gasteiger partial charge in [0.25, 0.3) is 0 Å². The van der Waals surface area contributed by atoms with Crippen molar-refractivity contribution in [1.82, 2.24) is 0 Å². The van der Waals surface area contributed by atoms with Crippen molar-refractivity contribution in [1.29, 1.82) is 0 Å². The van der Waals surface area contributed by atoms with E-state index < -0.39 is 7.14 Å². The lowest BCUT2D eigenvalue weighted by Crippen LogP contribution is -2.25. The summed E-state index contributed by atoms with van der Waals surface area (Å²) in [7, 11) is -2.92. The quantitative estimate of drug-likeness (QED) is 0.462. The Morgan fingerprint density at radius 2 is 0.958 bits per heavy atom. The van der Waals surface area contributed by atoms with Gasteiger partial charge in [0.2, 0.25) is 0 Å². The van der Waals surface area contributed by atoms with E-state index in [9.17, 15) is 4.57 Å². The zero-order chi connectivity index (χ0) is 17.0. The third kappa shape index (κ3) is 3.30. The summed E-state index contributed by atoms with van der Waals surface area (Å²) in [6.07, 6.45) is 0. The second-order valence-corrected chi connectivity index (χ2v) is 8.85. The molecule has 0 atom stereocenters. The van der Waals surface area contributed by atoms with E-state index in [4.69, 9.17) is 23.2 Å². The topological polar surface area (TPSA) is 17.1 Å². The fraction of sp³-hybridized carbons (Fsp3) is 0.100. The average Bonchev–Trinajstić information content (AvgIpc) is 2.68. The van der Waals surface area contributed by atoms with Crippen LogP contribution in [0.15, 0.2) is 78.9 Å². The highest BCUT2D eigenvalue weighted by Gasteiger charge is 2.29. The van der Waals surface area contributed by atoms with E-state index in [1.54, 1.807) is 0 Å². The van der Waals surface area contributed by atoms with E-state index in [1.165, 1.54) is 0 Å². The SMILES string of the molecule is O=P(c1ccccc1)(c1ccc(CCl)cc1)c1ccc(CCl)cc1. The molecule has 0 amide bonds. The van der Waals surface area contributed by atoms with E-state index >= 15 is 0 Å². The molecule has 0 N–H and O–H groups in total. The summed E-state index contributed by atoms with van der Waals surface area (Å²) >= 11 is 11.8. The normalized spacial score (nSPS) is 11.4. The van der Waals surface area contributed by atoms with Gasteiger partial charge >= 0.3 is 0 Å². The van der Waals surface area contributed by atoms with Gasteiger partial charge < -0.3 is 4.57 Å². The van der Waals surface area contributed by atoms with Gasteiger partial charge in [-0.2, -0.15) is 0 Å². The van der Waals surface area contributed by atoms with Crippen molar-refractivity contribution in [2.75, 3.05) is 0 Å². The monoisotopic (exact) mass is 374 g/mol. The number of benzene rings is 3. The molecule has 0 bridgehead atoms. The summed E-state index contributed by atoms with van der Waals surface area (Å²) in [4.78, 5) is 0. The number of hydrogen-bond acceptors (Lipinski definition) is 1. The summed E-state index contributed by atoms with van der Waals surface area (Å²) in [6.45, 7) is 0. The minimum absolute atomic E-state index is 0.445. The molecular formula is C20H17Cl2OP. The molecule has 0 heterocycles. The summed E-state index contributed by atoms with van der Waals surface area (Å²) in [6, 6.07) is 25.0. The molecule has 0 aliphatic carbocycles. The predicted molar refractivity (Wildman–Crippen MR) is 105 cm³/mol. The molecule has 0 saturated carbocycles. The Morgan fingerprint density at radius 1 is 0.583 bits per heavy atom. The Balaban J connectivity index is 2.18. The molecule has 4 heteroatoms. The molecule has 24 heavy (non-hydrogen) atoms. The van der Waals surface area contributed by atoms with Crippen LogP contribution in [-0.2, 0) is 16.3 Å². The van der Waals surface area contributed by atoms with Crippen molar-refractivity contribution in [3.05, 3.63) is 90.0 Å². The Kier molecular flexibility index (Phi) is 5.46. The van der Waals surface area contributed by atoms with Crippen LogP contribution in [0.1, 0.15) is 11.1 Å². The third-order valence-electron chi connectivity index (χ3n) is 4.03. The summed E-state index contributed by atoms with van der Waals surface area (Å²) in [5.74, 6) is 0.890. The first-order valence-corrected chi connectivity index (χ1v) is 10.4. The largest absolute Gasteiger partial charge is 0.309 e. The first kappa shape index (κ1) is 17.3. The second kappa shape index (κ2) is 7.57. The first-order valence-electron chi connectivity index (χ1n) is 7.65. The molecule has 0 saturated heterocycles. The maximum atomic E-state index is 14.2. The zero-order valence-electron chi connectivity index (χ0n) is 13.0. The van der Waals surface area contributed by atoms with Crippen LogP contribution >= 0.6 is 30.3 Å². The predicted octanol–water partition coefficient (Wildman–Crippen LogP) is 4.80. The van der Waals surface area contributed by atoms with Crippen LogP contribution in [0.4, 0.5) is 0 Å². The van der Waals surface area contributed by atoms with Gasteiger partial charge in [0.15, 0.2) is 7.14 Å². The summed E-state index contributed by atoms with van der Waals surface area (Å²) in [5, 5.41) is 2.43. The first-order chi connectivity index (χ1) is 11.7. The van der Waals surface area contributed by atoms with Gasteiger partial charge in [-0.05, 0) is 11.1 Å². The van der Waals surface area contributed by atoms with Crippen molar-refractivity contribution >= 4 is 46.3 Å². The highest BCUT2D eigenvalue weighted by Crippen LogP contribution is 2.42. The minimum Gasteiger partial charge on any atom is -0.309 e. The maximum Gasteiger partial charge on any atom is 0.171 e. The Labute approximate surface area is 152 Å². The van der Waals surface area contributed by atoms with Gasteiger partial charge in [0.1, 0.15) is 0 Å². The minimum atomic E-state index is -2.92. The number of rotatable bonds is 5. The van der Waals surface area contributed by atoms with Crippen LogP contribution in [0.25, 0.3) is 0 Å². The third-order valence-corrected chi connectivity index (χ3v) is 7.72. The smallest absolute Gasteiger partial charge is 0.171 e. The molecule has 0 aliphatic heterocycles. The van der Waals surface area contributed by atoms with E-state index in [2.05, 4.69) is 0 Å². The number of halogens is 2. The van der Waals surface area contributed by atoms with E-state index in [0.29, 0.717) is 11.8 Å². The molecule has 0 spiro atoms.